The second kappa shape index (κ2) is 10.9. The van der Waals surface area contributed by atoms with Crippen LogP contribution in [0, 0.1) is 0 Å². The number of hydrogen-bond donors (Lipinski definition) is 2. The van der Waals surface area contributed by atoms with E-state index >= 15 is 0 Å². The molecule has 0 heterocycles. The van der Waals surface area contributed by atoms with Gasteiger partial charge < -0.3 is 14.8 Å². The first-order valence-corrected chi connectivity index (χ1v) is 10.1. The highest BCUT2D eigenvalue weighted by Crippen LogP contribution is 2.17. The normalized spacial score (nSPS) is 10.4. The van der Waals surface area contributed by atoms with Crippen molar-refractivity contribution < 1.29 is 23.9 Å². The molecular formula is C23H18BrN3O5. The second-order valence-electron chi connectivity index (χ2n) is 6.35. The van der Waals surface area contributed by atoms with E-state index in [-0.39, 0.29) is 0 Å². The summed E-state index contributed by atoms with van der Waals surface area (Å²) in [6, 6.07) is 19.9. The van der Waals surface area contributed by atoms with Crippen molar-refractivity contribution in [2.24, 2.45) is 5.10 Å². The number of rotatable bonds is 6. The molecule has 0 saturated carbocycles. The number of nitrogens with zero attached hydrogens (tertiary/aromatic N) is 1. The van der Waals surface area contributed by atoms with Gasteiger partial charge in [-0.2, -0.15) is 5.10 Å². The molecule has 0 unspecified atom stereocenters. The monoisotopic (exact) mass is 495 g/mol. The number of methoxy groups -OCH3 is 1. The van der Waals surface area contributed by atoms with Crippen LogP contribution in [0.15, 0.2) is 82.4 Å². The largest absolute Gasteiger partial charge is 0.497 e. The fourth-order valence-electron chi connectivity index (χ4n) is 2.48. The first-order valence-electron chi connectivity index (χ1n) is 9.31. The average molecular weight is 496 g/mol. The zero-order chi connectivity index (χ0) is 22.9. The minimum Gasteiger partial charge on any atom is -0.497 e. The van der Waals surface area contributed by atoms with Gasteiger partial charge in [-0.3, -0.25) is 9.59 Å². The summed E-state index contributed by atoms with van der Waals surface area (Å²) in [5, 5.41) is 6.21. The van der Waals surface area contributed by atoms with Crippen LogP contribution in [0.4, 0.5) is 5.69 Å². The Bertz CT molecular complexity index is 1150. The molecule has 9 heteroatoms. The third-order valence-corrected chi connectivity index (χ3v) is 4.58. The molecule has 0 aliphatic heterocycles. The van der Waals surface area contributed by atoms with Gasteiger partial charge in [0.2, 0.25) is 0 Å². The number of hydrazone groups is 1. The quantitative estimate of drug-likeness (QED) is 0.178. The van der Waals surface area contributed by atoms with Crippen LogP contribution in [-0.4, -0.2) is 31.1 Å². The lowest BCUT2D eigenvalue weighted by molar-refractivity contribution is -0.136. The molecule has 8 nitrogen and oxygen atoms in total. The summed E-state index contributed by atoms with van der Waals surface area (Å²) in [7, 11) is 1.53. The molecule has 162 valence electrons. The van der Waals surface area contributed by atoms with Gasteiger partial charge in [0, 0.05) is 10.2 Å². The molecule has 0 aliphatic rings. The fourth-order valence-corrected chi connectivity index (χ4v) is 2.88. The summed E-state index contributed by atoms with van der Waals surface area (Å²) in [5.41, 5.74) is 3.64. The molecule has 32 heavy (non-hydrogen) atoms. The summed E-state index contributed by atoms with van der Waals surface area (Å²) in [6.07, 6.45) is 1.36. The van der Waals surface area contributed by atoms with Crippen LogP contribution in [0.5, 0.6) is 11.5 Å². The van der Waals surface area contributed by atoms with Crippen LogP contribution >= 0.6 is 15.9 Å². The molecule has 0 fully saturated rings. The van der Waals surface area contributed by atoms with Crippen LogP contribution in [0.25, 0.3) is 0 Å². The van der Waals surface area contributed by atoms with Gasteiger partial charge in [-0.25, -0.2) is 10.2 Å². The Kier molecular flexibility index (Phi) is 7.71. The highest BCUT2D eigenvalue weighted by Gasteiger charge is 2.13. The number of nitrogens with one attached hydrogen (secondary N) is 2. The maximum Gasteiger partial charge on any atom is 0.343 e. The van der Waals surface area contributed by atoms with Crippen LogP contribution in [0.1, 0.15) is 15.9 Å². The Balaban J connectivity index is 1.50. The Morgan fingerprint density at radius 2 is 1.59 bits per heavy atom. The number of esters is 1. The van der Waals surface area contributed by atoms with Crippen molar-refractivity contribution in [3.05, 3.63) is 88.4 Å². The topological polar surface area (TPSA) is 106 Å². The molecule has 0 saturated heterocycles. The van der Waals surface area contributed by atoms with E-state index in [4.69, 9.17) is 9.47 Å². The van der Waals surface area contributed by atoms with E-state index in [0.29, 0.717) is 28.3 Å². The number of hydrogen-bond acceptors (Lipinski definition) is 6. The van der Waals surface area contributed by atoms with Gasteiger partial charge in [0.1, 0.15) is 11.5 Å². The molecule has 3 rings (SSSR count). The van der Waals surface area contributed by atoms with Crippen molar-refractivity contribution in [2.45, 2.75) is 0 Å². The van der Waals surface area contributed by atoms with E-state index in [0.717, 1.165) is 4.47 Å². The Morgan fingerprint density at radius 1 is 0.906 bits per heavy atom. The SMILES string of the molecule is COc1ccc(NC(=O)C(=O)N/N=C\c2ccc(OC(=O)c3cccc(Br)c3)cc2)cc1. The zero-order valence-electron chi connectivity index (χ0n) is 16.9. The minimum absolute atomic E-state index is 0.357. The third kappa shape index (κ3) is 6.51. The van der Waals surface area contributed by atoms with Crippen molar-refractivity contribution >= 4 is 45.6 Å². The number of carbonyl (C=O) groups is 3. The number of anilines is 1. The van der Waals surface area contributed by atoms with Gasteiger partial charge >= 0.3 is 17.8 Å². The Hall–Kier alpha value is -3.98. The number of ether oxygens (including phenoxy) is 2. The van der Waals surface area contributed by atoms with Gasteiger partial charge in [0.25, 0.3) is 0 Å². The lowest BCUT2D eigenvalue weighted by Crippen LogP contribution is -2.32. The predicted molar refractivity (Wildman–Crippen MR) is 123 cm³/mol. The van der Waals surface area contributed by atoms with Crippen LogP contribution < -0.4 is 20.2 Å². The fraction of sp³-hybridized carbons (Fsp3) is 0.0435. The molecule has 0 aromatic heterocycles. The number of carbonyl (C=O) groups excluding carboxylic acids is 3. The van der Waals surface area contributed by atoms with Crippen molar-refractivity contribution in [3.8, 4) is 11.5 Å². The second-order valence-corrected chi connectivity index (χ2v) is 7.27. The van der Waals surface area contributed by atoms with Gasteiger partial charge in [-0.1, -0.05) is 22.0 Å². The zero-order valence-corrected chi connectivity index (χ0v) is 18.5. The highest BCUT2D eigenvalue weighted by molar-refractivity contribution is 9.10. The average Bonchev–Trinajstić information content (AvgIpc) is 2.80. The molecule has 0 atom stereocenters. The number of benzene rings is 3. The van der Waals surface area contributed by atoms with Crippen molar-refractivity contribution in [1.82, 2.24) is 5.43 Å². The van der Waals surface area contributed by atoms with Crippen LogP contribution in [0.3, 0.4) is 0 Å². The molecule has 0 radical (unpaired) electrons. The Labute approximate surface area is 192 Å². The van der Waals surface area contributed by atoms with E-state index in [1.807, 2.05) is 6.07 Å². The molecule has 0 spiro atoms. The molecule has 0 bridgehead atoms. The van der Waals surface area contributed by atoms with Gasteiger partial charge in [-0.05, 0) is 72.3 Å². The first kappa shape index (κ1) is 22.7. The molecule has 0 aliphatic carbocycles. The van der Waals surface area contributed by atoms with Crippen molar-refractivity contribution in [1.29, 1.82) is 0 Å². The lowest BCUT2D eigenvalue weighted by atomic mass is 10.2. The molecule has 3 aromatic carbocycles. The minimum atomic E-state index is -0.920. The van der Waals surface area contributed by atoms with Gasteiger partial charge in [0.05, 0.1) is 18.9 Å². The van der Waals surface area contributed by atoms with Crippen LogP contribution in [0.2, 0.25) is 0 Å². The summed E-state index contributed by atoms with van der Waals surface area (Å²) in [5.74, 6) is -1.28. The first-order chi connectivity index (χ1) is 15.4. The summed E-state index contributed by atoms with van der Waals surface area (Å²) in [6.45, 7) is 0. The summed E-state index contributed by atoms with van der Waals surface area (Å²) >= 11 is 3.31. The third-order valence-electron chi connectivity index (χ3n) is 4.08. The smallest absolute Gasteiger partial charge is 0.343 e. The summed E-state index contributed by atoms with van der Waals surface area (Å²) in [4.78, 5) is 36.0. The highest BCUT2D eigenvalue weighted by atomic mass is 79.9. The lowest BCUT2D eigenvalue weighted by Gasteiger charge is -2.05. The number of halogens is 1. The molecule has 2 amide bonds. The number of amides is 2. The van der Waals surface area contributed by atoms with Gasteiger partial charge in [-0.15, -0.1) is 0 Å². The maximum atomic E-state index is 12.2. The van der Waals surface area contributed by atoms with Crippen LogP contribution in [-0.2, 0) is 9.59 Å². The maximum absolute atomic E-state index is 12.2. The van der Waals surface area contributed by atoms with E-state index < -0.39 is 17.8 Å². The Morgan fingerprint density at radius 3 is 2.25 bits per heavy atom. The van der Waals surface area contributed by atoms with E-state index in [1.165, 1.54) is 13.3 Å². The van der Waals surface area contributed by atoms with E-state index in [2.05, 4.69) is 31.8 Å². The van der Waals surface area contributed by atoms with E-state index in [1.54, 1.807) is 66.7 Å². The molecular weight excluding hydrogens is 478 g/mol. The molecule has 3 aromatic rings. The van der Waals surface area contributed by atoms with Gasteiger partial charge in [0.15, 0.2) is 0 Å². The predicted octanol–water partition coefficient (Wildman–Crippen LogP) is 3.77. The summed E-state index contributed by atoms with van der Waals surface area (Å²) < 4.78 is 11.1. The van der Waals surface area contributed by atoms with E-state index in [9.17, 15) is 14.4 Å². The van der Waals surface area contributed by atoms with Crippen molar-refractivity contribution in [3.63, 3.8) is 0 Å². The molecule has 2 N–H and O–H groups in total. The standard InChI is InChI=1S/C23H18BrN3O5/c1-31-19-11-7-18(8-12-19)26-21(28)22(29)27-25-14-15-5-9-20(10-6-15)32-23(30)16-3-2-4-17(24)13-16/h2-14H,1H3,(H,26,28)(H,27,29)/b25-14-. The van der Waals surface area contributed by atoms with Crippen molar-refractivity contribution in [2.75, 3.05) is 12.4 Å².